The third kappa shape index (κ3) is 20.0. The summed E-state index contributed by atoms with van der Waals surface area (Å²) >= 11 is 0. The van der Waals surface area contributed by atoms with Gasteiger partial charge in [-0.2, -0.15) is 13.5 Å². The van der Waals surface area contributed by atoms with Gasteiger partial charge in [0.05, 0.1) is 0 Å². The Morgan fingerprint density at radius 3 is 0.800 bits per heavy atom. The maximum atomic E-state index is 0. The van der Waals surface area contributed by atoms with E-state index in [4.69, 9.17) is 0 Å². The predicted molar refractivity (Wildman–Crippen MR) is 31.0 cm³/mol. The summed E-state index contributed by atoms with van der Waals surface area (Å²) in [6, 6.07) is 0. The van der Waals surface area contributed by atoms with Crippen LogP contribution in [0.15, 0.2) is 0 Å². The Kier molecular flexibility index (Phi) is 270. The number of halogens is 3. The first-order chi connectivity index (χ1) is 0. The van der Waals surface area contributed by atoms with Crippen molar-refractivity contribution in [1.29, 1.82) is 0 Å². The van der Waals surface area contributed by atoms with Gasteiger partial charge >= 0.3 is 29.6 Å². The molecule has 0 fully saturated rings. The normalized spacial score (nSPS) is 0. The summed E-state index contributed by atoms with van der Waals surface area (Å²) in [6.07, 6.45) is 0. The summed E-state index contributed by atoms with van der Waals surface area (Å²) in [5.74, 6) is 0. The fourth-order valence-electron chi connectivity index (χ4n) is 0. The van der Waals surface area contributed by atoms with Crippen molar-refractivity contribution in [2.45, 2.75) is 0 Å². The van der Waals surface area contributed by atoms with Crippen molar-refractivity contribution in [2.24, 2.45) is 0 Å². The first kappa shape index (κ1) is 46.1. The predicted octanol–water partition coefficient (Wildman–Crippen LogP) is -4.72. The van der Waals surface area contributed by atoms with Gasteiger partial charge in [-0.3, -0.25) is 0 Å². The molecular weight excluding hydrogens is 295 g/mol. The second kappa shape index (κ2) is 29.2. The molecular formula is H4Br3NaS. The van der Waals surface area contributed by atoms with Crippen LogP contribution in [0.1, 0.15) is 0 Å². The van der Waals surface area contributed by atoms with Crippen molar-refractivity contribution in [2.75, 3.05) is 0 Å². The SMILES string of the molecule is Br.Br.S.[Br-].[Na+]. The molecule has 5 heteroatoms. The van der Waals surface area contributed by atoms with Crippen LogP contribution in [0.4, 0.5) is 0 Å². The molecule has 0 saturated heterocycles. The van der Waals surface area contributed by atoms with Crippen molar-refractivity contribution in [3.05, 3.63) is 0 Å². The molecule has 0 aromatic rings. The Morgan fingerprint density at radius 1 is 0.800 bits per heavy atom. The minimum absolute atomic E-state index is 0. The largest absolute Gasteiger partial charge is 1.00 e. The molecule has 0 unspecified atom stereocenters. The molecule has 0 rings (SSSR count). The van der Waals surface area contributed by atoms with E-state index in [1.54, 1.807) is 0 Å². The van der Waals surface area contributed by atoms with Crippen molar-refractivity contribution >= 4 is 47.5 Å². The van der Waals surface area contributed by atoms with Crippen LogP contribution in [-0.2, 0) is 0 Å². The van der Waals surface area contributed by atoms with Crippen LogP contribution in [0.5, 0.6) is 0 Å². The first-order valence-corrected chi connectivity index (χ1v) is 0. The van der Waals surface area contributed by atoms with Crippen molar-refractivity contribution in [3.63, 3.8) is 0 Å². The number of rotatable bonds is 0. The van der Waals surface area contributed by atoms with Crippen LogP contribution in [0.2, 0.25) is 0 Å². The van der Waals surface area contributed by atoms with Gasteiger partial charge in [-0.05, 0) is 0 Å². The Bertz CT molecular complexity index is 6.85. The van der Waals surface area contributed by atoms with Gasteiger partial charge in [0.1, 0.15) is 0 Å². The Labute approximate surface area is 92.5 Å². The van der Waals surface area contributed by atoms with Crippen LogP contribution in [0, 0.1) is 0 Å². The van der Waals surface area contributed by atoms with Crippen molar-refractivity contribution < 1.29 is 46.5 Å². The summed E-state index contributed by atoms with van der Waals surface area (Å²) in [7, 11) is 0. The second-order valence-electron chi connectivity index (χ2n) is 0. The molecule has 0 aliphatic carbocycles. The number of hydrogen-bond acceptors (Lipinski definition) is 0. The van der Waals surface area contributed by atoms with E-state index >= 15 is 0 Å². The zero-order valence-electron chi connectivity index (χ0n) is 2.69. The van der Waals surface area contributed by atoms with Gasteiger partial charge < -0.3 is 17.0 Å². The van der Waals surface area contributed by atoms with Gasteiger partial charge in [0.25, 0.3) is 0 Å². The molecule has 0 aromatic carbocycles. The van der Waals surface area contributed by atoms with Crippen molar-refractivity contribution in [3.8, 4) is 0 Å². The zero-order chi connectivity index (χ0) is 0. The summed E-state index contributed by atoms with van der Waals surface area (Å²) in [5.41, 5.74) is 0. The molecule has 32 valence electrons. The van der Waals surface area contributed by atoms with Gasteiger partial charge in [0.2, 0.25) is 0 Å². The quantitative estimate of drug-likeness (QED) is 0.394. The average molecular weight is 299 g/mol. The van der Waals surface area contributed by atoms with E-state index < -0.39 is 0 Å². The molecule has 0 spiro atoms. The molecule has 0 aliphatic heterocycles. The molecule has 0 bridgehead atoms. The molecule has 0 aromatic heterocycles. The van der Waals surface area contributed by atoms with Gasteiger partial charge in [0, 0.05) is 0 Å². The van der Waals surface area contributed by atoms with Crippen LogP contribution < -0.4 is 46.5 Å². The van der Waals surface area contributed by atoms with E-state index in [2.05, 4.69) is 0 Å². The molecule has 0 saturated carbocycles. The fraction of sp³-hybridized carbons (Fsp3) is 0. The van der Waals surface area contributed by atoms with E-state index in [0.29, 0.717) is 0 Å². The second-order valence-corrected chi connectivity index (χ2v) is 0. The molecule has 5 heavy (non-hydrogen) atoms. The van der Waals surface area contributed by atoms with E-state index in [1.165, 1.54) is 0 Å². The van der Waals surface area contributed by atoms with Gasteiger partial charge in [-0.25, -0.2) is 0 Å². The van der Waals surface area contributed by atoms with Gasteiger partial charge in [-0.1, -0.05) is 0 Å². The molecule has 0 aliphatic rings. The molecule has 0 atom stereocenters. The molecule has 0 nitrogen and oxygen atoms in total. The summed E-state index contributed by atoms with van der Waals surface area (Å²) in [4.78, 5) is 0. The van der Waals surface area contributed by atoms with Crippen LogP contribution >= 0.6 is 47.5 Å². The van der Waals surface area contributed by atoms with Gasteiger partial charge in [0.15, 0.2) is 0 Å². The molecule has 0 N–H and O–H groups in total. The third-order valence-electron chi connectivity index (χ3n) is 0. The van der Waals surface area contributed by atoms with Crippen molar-refractivity contribution in [1.82, 2.24) is 0 Å². The summed E-state index contributed by atoms with van der Waals surface area (Å²) in [6.45, 7) is 0. The summed E-state index contributed by atoms with van der Waals surface area (Å²) in [5, 5.41) is 0. The standard InChI is InChI=1S/3BrH.Na.H2S/h3*1H;;1H2/q;;;+1;/p-1. The van der Waals surface area contributed by atoms with Gasteiger partial charge in [-0.15, -0.1) is 34.0 Å². The maximum Gasteiger partial charge on any atom is 1.00 e. The Balaban J connectivity index is 0. The average Bonchev–Trinajstić information content (AvgIpc) is 0. The Morgan fingerprint density at radius 2 is 0.800 bits per heavy atom. The Hall–Kier alpha value is 2.79. The molecule has 0 heterocycles. The van der Waals surface area contributed by atoms with E-state index in [1.807, 2.05) is 0 Å². The minimum atomic E-state index is 0. The van der Waals surface area contributed by atoms with Crippen LogP contribution in [0.25, 0.3) is 0 Å². The van der Waals surface area contributed by atoms with E-state index in [0.717, 1.165) is 0 Å². The van der Waals surface area contributed by atoms with E-state index in [-0.39, 0.29) is 94.0 Å². The van der Waals surface area contributed by atoms with Crippen LogP contribution in [-0.4, -0.2) is 0 Å². The monoisotopic (exact) mass is 296 g/mol. The smallest absolute Gasteiger partial charge is 1.00 e. The minimum Gasteiger partial charge on any atom is -1.00 e. The zero-order valence-corrected chi connectivity index (χ0v) is 10.7. The number of hydrogen-bond donors (Lipinski definition) is 0. The summed E-state index contributed by atoms with van der Waals surface area (Å²) < 4.78 is 0. The van der Waals surface area contributed by atoms with E-state index in [9.17, 15) is 0 Å². The fourth-order valence-corrected chi connectivity index (χ4v) is 0. The topological polar surface area (TPSA) is 0 Å². The maximum absolute atomic E-state index is 0. The van der Waals surface area contributed by atoms with Crippen LogP contribution in [0.3, 0.4) is 0 Å². The molecule has 0 radical (unpaired) electrons. The molecule has 0 amide bonds. The first-order valence-electron chi connectivity index (χ1n) is 0. The third-order valence-corrected chi connectivity index (χ3v) is 0.